The second kappa shape index (κ2) is 8.77. The maximum atomic E-state index is 11.8. The van der Waals surface area contributed by atoms with Crippen LogP contribution in [-0.2, 0) is 4.74 Å². The van der Waals surface area contributed by atoms with Crippen molar-refractivity contribution in [2.24, 2.45) is 0 Å². The number of carbonyl (C=O) groups excluding carboxylic acids is 1. The molecule has 1 N–H and O–H groups in total. The first-order chi connectivity index (χ1) is 12.4. The standard InChI is InChI=1S/C20H22N2O4/c1-20(2,3)26-19(23)22-16-5-4-6-18(13-16)25-12-11-24-17-9-7-15(14-21)8-10-17/h4-10,13H,11-12H2,1-3H3,(H,22,23). The minimum atomic E-state index is -0.555. The predicted molar refractivity (Wildman–Crippen MR) is 98.4 cm³/mol. The van der Waals surface area contributed by atoms with Crippen LogP contribution in [0.1, 0.15) is 26.3 Å². The molecule has 0 aliphatic rings. The Hall–Kier alpha value is -3.20. The van der Waals surface area contributed by atoms with E-state index in [-0.39, 0.29) is 0 Å². The van der Waals surface area contributed by atoms with Crippen molar-refractivity contribution in [2.45, 2.75) is 26.4 Å². The maximum Gasteiger partial charge on any atom is 0.412 e. The number of ether oxygens (including phenoxy) is 3. The molecule has 0 aliphatic heterocycles. The summed E-state index contributed by atoms with van der Waals surface area (Å²) in [7, 11) is 0. The minimum Gasteiger partial charge on any atom is -0.490 e. The molecule has 2 aromatic carbocycles. The van der Waals surface area contributed by atoms with Crippen LogP contribution < -0.4 is 14.8 Å². The van der Waals surface area contributed by atoms with E-state index in [9.17, 15) is 4.79 Å². The summed E-state index contributed by atoms with van der Waals surface area (Å²) in [6.45, 7) is 6.12. The summed E-state index contributed by atoms with van der Waals surface area (Å²) in [5.41, 5.74) is 0.619. The second-order valence-corrected chi connectivity index (χ2v) is 6.49. The zero-order chi connectivity index (χ0) is 19.0. The molecule has 0 unspecified atom stereocenters. The number of anilines is 1. The average Bonchev–Trinajstić information content (AvgIpc) is 2.58. The Balaban J connectivity index is 1.79. The lowest BCUT2D eigenvalue weighted by atomic mass is 10.2. The van der Waals surface area contributed by atoms with E-state index < -0.39 is 11.7 Å². The number of rotatable bonds is 6. The molecule has 0 atom stereocenters. The highest BCUT2D eigenvalue weighted by atomic mass is 16.6. The van der Waals surface area contributed by atoms with E-state index in [2.05, 4.69) is 11.4 Å². The van der Waals surface area contributed by atoms with E-state index in [1.54, 1.807) is 69.3 Å². The first-order valence-corrected chi connectivity index (χ1v) is 8.21. The van der Waals surface area contributed by atoms with Gasteiger partial charge in [-0.25, -0.2) is 4.79 Å². The van der Waals surface area contributed by atoms with Gasteiger partial charge < -0.3 is 14.2 Å². The van der Waals surface area contributed by atoms with Crippen molar-refractivity contribution in [2.75, 3.05) is 18.5 Å². The molecule has 2 rings (SSSR count). The fourth-order valence-corrected chi connectivity index (χ4v) is 2.03. The molecule has 6 heteroatoms. The number of hydrogen-bond acceptors (Lipinski definition) is 5. The largest absolute Gasteiger partial charge is 0.490 e. The topological polar surface area (TPSA) is 80.6 Å². The summed E-state index contributed by atoms with van der Waals surface area (Å²) in [6.07, 6.45) is -0.515. The zero-order valence-electron chi connectivity index (χ0n) is 15.1. The van der Waals surface area contributed by atoms with E-state index >= 15 is 0 Å². The van der Waals surface area contributed by atoms with Gasteiger partial charge in [-0.2, -0.15) is 5.26 Å². The molecule has 0 spiro atoms. The van der Waals surface area contributed by atoms with Crippen molar-refractivity contribution in [3.05, 3.63) is 54.1 Å². The first kappa shape index (κ1) is 19.1. The molecular weight excluding hydrogens is 332 g/mol. The molecule has 0 fully saturated rings. The lowest BCUT2D eigenvalue weighted by molar-refractivity contribution is 0.0636. The van der Waals surface area contributed by atoms with Crippen LogP contribution in [0.4, 0.5) is 10.5 Å². The Kier molecular flexibility index (Phi) is 6.45. The zero-order valence-corrected chi connectivity index (χ0v) is 15.1. The smallest absolute Gasteiger partial charge is 0.412 e. The molecule has 2 aromatic rings. The Labute approximate surface area is 153 Å². The molecule has 0 aliphatic carbocycles. The van der Waals surface area contributed by atoms with Gasteiger partial charge in [-0.1, -0.05) is 6.07 Å². The Bertz CT molecular complexity index is 774. The number of hydrogen-bond donors (Lipinski definition) is 1. The predicted octanol–water partition coefficient (Wildman–Crippen LogP) is 4.36. The number of amides is 1. The summed E-state index contributed by atoms with van der Waals surface area (Å²) in [4.78, 5) is 11.8. The fraction of sp³-hybridized carbons (Fsp3) is 0.300. The second-order valence-electron chi connectivity index (χ2n) is 6.49. The third kappa shape index (κ3) is 6.73. The minimum absolute atomic E-state index is 0.343. The molecule has 6 nitrogen and oxygen atoms in total. The van der Waals surface area contributed by atoms with Gasteiger partial charge in [0.05, 0.1) is 11.6 Å². The van der Waals surface area contributed by atoms with Crippen molar-refractivity contribution < 1.29 is 19.0 Å². The number of benzene rings is 2. The van der Waals surface area contributed by atoms with Gasteiger partial charge in [-0.15, -0.1) is 0 Å². The van der Waals surface area contributed by atoms with E-state index in [1.165, 1.54) is 0 Å². The van der Waals surface area contributed by atoms with Gasteiger partial charge in [-0.05, 0) is 57.2 Å². The normalized spacial score (nSPS) is 10.5. The summed E-state index contributed by atoms with van der Waals surface area (Å²) in [5, 5.41) is 11.4. The molecule has 26 heavy (non-hydrogen) atoms. The molecule has 0 aromatic heterocycles. The van der Waals surface area contributed by atoms with Crippen LogP contribution in [-0.4, -0.2) is 24.9 Å². The van der Waals surface area contributed by atoms with Crippen LogP contribution in [0.5, 0.6) is 11.5 Å². The van der Waals surface area contributed by atoms with Crippen LogP contribution in [0.25, 0.3) is 0 Å². The first-order valence-electron chi connectivity index (χ1n) is 8.21. The third-order valence-electron chi connectivity index (χ3n) is 3.08. The molecule has 0 heterocycles. The number of nitriles is 1. The number of nitrogens with one attached hydrogen (secondary N) is 1. The Morgan fingerprint density at radius 1 is 1.04 bits per heavy atom. The highest BCUT2D eigenvalue weighted by Gasteiger charge is 2.16. The fourth-order valence-electron chi connectivity index (χ4n) is 2.03. The van der Waals surface area contributed by atoms with Crippen LogP contribution in [0, 0.1) is 11.3 Å². The average molecular weight is 354 g/mol. The number of nitrogens with zero attached hydrogens (tertiary/aromatic N) is 1. The monoisotopic (exact) mass is 354 g/mol. The van der Waals surface area contributed by atoms with Gasteiger partial charge in [0.2, 0.25) is 0 Å². The maximum absolute atomic E-state index is 11.8. The van der Waals surface area contributed by atoms with Gasteiger partial charge in [0.15, 0.2) is 0 Å². The lowest BCUT2D eigenvalue weighted by Crippen LogP contribution is -2.27. The van der Waals surface area contributed by atoms with Crippen molar-refractivity contribution in [1.82, 2.24) is 0 Å². The summed E-state index contributed by atoms with van der Waals surface area (Å²) < 4.78 is 16.4. The van der Waals surface area contributed by atoms with Gasteiger partial charge >= 0.3 is 6.09 Å². The summed E-state index contributed by atoms with van der Waals surface area (Å²) in [5.74, 6) is 1.29. The third-order valence-corrected chi connectivity index (χ3v) is 3.08. The SMILES string of the molecule is CC(C)(C)OC(=O)Nc1cccc(OCCOc2ccc(C#N)cc2)c1. The van der Waals surface area contributed by atoms with Crippen LogP contribution in [0.2, 0.25) is 0 Å². The van der Waals surface area contributed by atoms with Crippen molar-refractivity contribution in [3.8, 4) is 17.6 Å². The molecule has 136 valence electrons. The van der Waals surface area contributed by atoms with E-state index in [4.69, 9.17) is 19.5 Å². The van der Waals surface area contributed by atoms with E-state index in [0.717, 1.165) is 0 Å². The van der Waals surface area contributed by atoms with Gasteiger partial charge in [0.25, 0.3) is 0 Å². The lowest BCUT2D eigenvalue weighted by Gasteiger charge is -2.19. The molecule has 0 saturated heterocycles. The quantitative estimate of drug-likeness (QED) is 0.780. The van der Waals surface area contributed by atoms with Crippen LogP contribution >= 0.6 is 0 Å². The summed E-state index contributed by atoms with van der Waals surface area (Å²) in [6, 6.07) is 16.0. The molecule has 0 radical (unpaired) electrons. The van der Waals surface area contributed by atoms with Crippen LogP contribution in [0.3, 0.4) is 0 Å². The van der Waals surface area contributed by atoms with Gasteiger partial charge in [-0.3, -0.25) is 5.32 Å². The van der Waals surface area contributed by atoms with Crippen molar-refractivity contribution in [1.29, 1.82) is 5.26 Å². The Morgan fingerprint density at radius 2 is 1.69 bits per heavy atom. The molecule has 0 saturated carbocycles. The Morgan fingerprint density at radius 3 is 2.31 bits per heavy atom. The highest BCUT2D eigenvalue weighted by Crippen LogP contribution is 2.19. The highest BCUT2D eigenvalue weighted by molar-refractivity contribution is 5.85. The van der Waals surface area contributed by atoms with Gasteiger partial charge in [0.1, 0.15) is 30.3 Å². The molecule has 1 amide bonds. The van der Waals surface area contributed by atoms with E-state index in [1.807, 2.05) is 0 Å². The van der Waals surface area contributed by atoms with Gasteiger partial charge in [0, 0.05) is 11.8 Å². The summed E-state index contributed by atoms with van der Waals surface area (Å²) >= 11 is 0. The van der Waals surface area contributed by atoms with Crippen molar-refractivity contribution >= 4 is 11.8 Å². The number of carbonyl (C=O) groups is 1. The van der Waals surface area contributed by atoms with E-state index in [0.29, 0.717) is 36.0 Å². The van der Waals surface area contributed by atoms with Crippen LogP contribution in [0.15, 0.2) is 48.5 Å². The molecule has 0 bridgehead atoms. The van der Waals surface area contributed by atoms with Crippen molar-refractivity contribution in [3.63, 3.8) is 0 Å². The molecular formula is C20H22N2O4.